The van der Waals surface area contributed by atoms with Crippen LogP contribution >= 0.6 is 0 Å². The van der Waals surface area contributed by atoms with Crippen LogP contribution in [0, 0.1) is 0 Å². The van der Waals surface area contributed by atoms with Crippen molar-refractivity contribution in [3.8, 4) is 0 Å². The van der Waals surface area contributed by atoms with E-state index >= 15 is 0 Å². The zero-order chi connectivity index (χ0) is 9.78. The van der Waals surface area contributed by atoms with Crippen LogP contribution in [0.1, 0.15) is 33.6 Å². The maximum atomic E-state index is 13.1. The van der Waals surface area contributed by atoms with Crippen molar-refractivity contribution in [2.24, 2.45) is 0 Å². The highest BCUT2D eigenvalue weighted by Crippen LogP contribution is 2.18. The Hall–Kier alpha value is -0.930. The number of Topliss-reactive ketones (excluding diaryl/α,β-unsaturated/α-hetero) is 1. The number of carbonyl (C=O) groups is 2. The third kappa shape index (κ3) is 4.82. The van der Waals surface area contributed by atoms with E-state index in [2.05, 4.69) is 4.74 Å². The maximum absolute atomic E-state index is 13.1. The van der Waals surface area contributed by atoms with Gasteiger partial charge < -0.3 is 4.74 Å². The van der Waals surface area contributed by atoms with Crippen LogP contribution in [0.5, 0.6) is 0 Å². The van der Waals surface area contributed by atoms with Crippen molar-refractivity contribution in [1.82, 2.24) is 0 Å². The summed E-state index contributed by atoms with van der Waals surface area (Å²) >= 11 is 0. The summed E-state index contributed by atoms with van der Waals surface area (Å²) in [6.07, 6.45) is -0.282. The smallest absolute Gasteiger partial charge is 0.308 e. The molecular weight excluding hydrogens is 163 g/mol. The Morgan fingerprint density at radius 1 is 1.50 bits per heavy atom. The number of ether oxygens (including phenoxy) is 1. The van der Waals surface area contributed by atoms with Crippen LogP contribution < -0.4 is 0 Å². The highest BCUT2D eigenvalue weighted by molar-refractivity contribution is 5.77. The molecule has 0 aromatic rings. The second-order valence-corrected chi connectivity index (χ2v) is 2.81. The molecule has 0 spiro atoms. The molecule has 0 aliphatic heterocycles. The molecule has 70 valence electrons. The molecule has 1 atom stereocenters. The van der Waals surface area contributed by atoms with Crippen LogP contribution in [0.2, 0.25) is 0 Å². The number of hydrogen-bond acceptors (Lipinski definition) is 3. The van der Waals surface area contributed by atoms with Gasteiger partial charge in [0.1, 0.15) is 5.78 Å². The van der Waals surface area contributed by atoms with E-state index in [4.69, 9.17) is 0 Å². The first-order chi connectivity index (χ1) is 5.37. The van der Waals surface area contributed by atoms with E-state index in [0.29, 0.717) is 0 Å². The van der Waals surface area contributed by atoms with Crippen molar-refractivity contribution in [1.29, 1.82) is 0 Å². The van der Waals surface area contributed by atoms with Gasteiger partial charge in [0.25, 0.3) is 5.85 Å². The lowest BCUT2D eigenvalue weighted by Gasteiger charge is -2.18. The number of hydrogen-bond donors (Lipinski definition) is 0. The van der Waals surface area contributed by atoms with E-state index in [1.807, 2.05) is 0 Å². The number of ketones is 1. The lowest BCUT2D eigenvalue weighted by Crippen LogP contribution is -2.28. The van der Waals surface area contributed by atoms with Gasteiger partial charge in [-0.2, -0.15) is 4.39 Å². The monoisotopic (exact) mass is 176 g/mol. The summed E-state index contributed by atoms with van der Waals surface area (Å²) in [5, 5.41) is 0. The molecule has 0 amide bonds. The van der Waals surface area contributed by atoms with Crippen molar-refractivity contribution >= 4 is 11.8 Å². The van der Waals surface area contributed by atoms with Gasteiger partial charge in [-0.3, -0.25) is 9.59 Å². The lowest BCUT2D eigenvalue weighted by atomic mass is 10.2. The second kappa shape index (κ2) is 4.18. The van der Waals surface area contributed by atoms with Gasteiger partial charge in [-0.15, -0.1) is 0 Å². The van der Waals surface area contributed by atoms with Crippen molar-refractivity contribution in [3.05, 3.63) is 0 Å². The molecule has 0 aromatic heterocycles. The Kier molecular flexibility index (Phi) is 3.86. The zero-order valence-corrected chi connectivity index (χ0v) is 7.52. The molecule has 0 aliphatic rings. The summed E-state index contributed by atoms with van der Waals surface area (Å²) in [6.45, 7) is 3.88. The highest BCUT2D eigenvalue weighted by Gasteiger charge is 2.28. The van der Waals surface area contributed by atoms with Crippen molar-refractivity contribution < 1.29 is 18.7 Å². The fourth-order valence-electron chi connectivity index (χ4n) is 0.790. The van der Waals surface area contributed by atoms with Gasteiger partial charge in [0.2, 0.25) is 0 Å². The van der Waals surface area contributed by atoms with Crippen LogP contribution in [0.15, 0.2) is 0 Å². The number of alkyl halides is 1. The maximum Gasteiger partial charge on any atom is 0.308 e. The first kappa shape index (κ1) is 11.1. The Morgan fingerprint density at radius 2 is 2.00 bits per heavy atom. The van der Waals surface area contributed by atoms with Gasteiger partial charge in [-0.05, 0) is 6.92 Å². The van der Waals surface area contributed by atoms with E-state index in [-0.39, 0.29) is 12.2 Å². The molecule has 1 unspecified atom stereocenters. The van der Waals surface area contributed by atoms with E-state index in [9.17, 15) is 14.0 Å². The van der Waals surface area contributed by atoms with Gasteiger partial charge in [-0.25, -0.2) is 0 Å². The minimum absolute atomic E-state index is 0.109. The molecule has 0 aliphatic carbocycles. The molecule has 0 aromatic carbocycles. The summed E-state index contributed by atoms with van der Waals surface area (Å²) in [5.41, 5.74) is 0. The van der Waals surface area contributed by atoms with Crippen LogP contribution in [0.25, 0.3) is 0 Å². The third-order valence-electron chi connectivity index (χ3n) is 1.18. The molecule has 0 radical (unpaired) electrons. The van der Waals surface area contributed by atoms with Gasteiger partial charge in [0.15, 0.2) is 0 Å². The van der Waals surface area contributed by atoms with Crippen molar-refractivity contribution in [3.63, 3.8) is 0 Å². The summed E-state index contributed by atoms with van der Waals surface area (Å²) < 4.78 is 17.5. The zero-order valence-electron chi connectivity index (χ0n) is 7.52. The highest BCUT2D eigenvalue weighted by atomic mass is 19.2. The van der Waals surface area contributed by atoms with Crippen molar-refractivity contribution in [2.75, 3.05) is 0 Å². The molecular formula is C8H13FO3. The van der Waals surface area contributed by atoms with Crippen LogP contribution in [0.4, 0.5) is 4.39 Å². The quantitative estimate of drug-likeness (QED) is 0.611. The topological polar surface area (TPSA) is 43.4 Å². The second-order valence-electron chi connectivity index (χ2n) is 2.81. The summed E-state index contributed by atoms with van der Waals surface area (Å²) in [5.74, 6) is -3.14. The molecule has 12 heavy (non-hydrogen) atoms. The Bertz CT molecular complexity index is 187. The molecule has 0 heterocycles. The fraction of sp³-hybridized carbons (Fsp3) is 0.750. The van der Waals surface area contributed by atoms with Crippen LogP contribution in [0.3, 0.4) is 0 Å². The Balaban J connectivity index is 4.03. The van der Waals surface area contributed by atoms with Gasteiger partial charge >= 0.3 is 5.97 Å². The molecule has 0 rings (SSSR count). The molecule has 3 nitrogen and oxygen atoms in total. The number of esters is 1. The molecule has 0 saturated heterocycles. The van der Waals surface area contributed by atoms with Gasteiger partial charge in [-0.1, -0.05) is 6.92 Å². The standard InChI is InChI=1S/C8H13FO3/c1-4-7(11)12-8(3,9)5-6(2)10/h4-5H2,1-3H3. The summed E-state index contributed by atoms with van der Waals surface area (Å²) in [7, 11) is 0. The van der Waals surface area contributed by atoms with E-state index in [1.54, 1.807) is 6.92 Å². The van der Waals surface area contributed by atoms with Crippen LogP contribution in [-0.2, 0) is 14.3 Å². The number of carbonyl (C=O) groups excluding carboxylic acids is 2. The largest absolute Gasteiger partial charge is 0.428 e. The molecule has 0 saturated carbocycles. The minimum atomic E-state index is -2.15. The molecule has 0 bridgehead atoms. The Morgan fingerprint density at radius 3 is 2.33 bits per heavy atom. The minimum Gasteiger partial charge on any atom is -0.428 e. The average Bonchev–Trinajstić information content (AvgIpc) is 1.83. The number of rotatable bonds is 4. The molecule has 0 N–H and O–H groups in total. The first-order valence-electron chi connectivity index (χ1n) is 3.77. The predicted molar refractivity (Wildman–Crippen MR) is 41.2 cm³/mol. The van der Waals surface area contributed by atoms with Crippen LogP contribution in [-0.4, -0.2) is 17.6 Å². The summed E-state index contributed by atoms with van der Waals surface area (Å²) in [6, 6.07) is 0. The first-order valence-corrected chi connectivity index (χ1v) is 3.77. The number of halogens is 1. The lowest BCUT2D eigenvalue weighted by molar-refractivity contribution is -0.179. The average molecular weight is 176 g/mol. The van der Waals surface area contributed by atoms with E-state index < -0.39 is 18.2 Å². The van der Waals surface area contributed by atoms with Crippen molar-refractivity contribution in [2.45, 2.75) is 39.5 Å². The fourth-order valence-corrected chi connectivity index (χ4v) is 0.790. The normalized spacial score (nSPS) is 15.0. The van der Waals surface area contributed by atoms with E-state index in [0.717, 1.165) is 6.92 Å². The molecule has 0 fully saturated rings. The van der Waals surface area contributed by atoms with Gasteiger partial charge in [0, 0.05) is 13.3 Å². The molecule has 4 heteroatoms. The SMILES string of the molecule is CCC(=O)OC(C)(F)CC(C)=O. The third-order valence-corrected chi connectivity index (χ3v) is 1.18. The van der Waals surface area contributed by atoms with Gasteiger partial charge in [0.05, 0.1) is 6.42 Å². The predicted octanol–water partition coefficient (Wildman–Crippen LogP) is 1.60. The summed E-state index contributed by atoms with van der Waals surface area (Å²) in [4.78, 5) is 21.1. The Labute approximate surface area is 70.9 Å². The van der Waals surface area contributed by atoms with E-state index in [1.165, 1.54) is 6.92 Å².